The molecular weight excluding hydrogens is 268 g/mol. The fraction of sp³-hybridized carbons (Fsp3) is 0.118. The van der Waals surface area contributed by atoms with Crippen molar-refractivity contribution in [2.45, 2.75) is 0 Å². The minimum absolute atomic E-state index is 0.135. The number of ketones is 1. The third kappa shape index (κ3) is 3.63. The lowest BCUT2D eigenvalue weighted by Gasteiger charge is -2.07. The van der Waals surface area contributed by atoms with E-state index in [0.717, 1.165) is 5.56 Å². The first kappa shape index (κ1) is 14.7. The van der Waals surface area contributed by atoms with Gasteiger partial charge in [0.1, 0.15) is 5.75 Å². The van der Waals surface area contributed by atoms with E-state index in [-0.39, 0.29) is 11.5 Å². The zero-order valence-corrected chi connectivity index (χ0v) is 11.9. The summed E-state index contributed by atoms with van der Waals surface area (Å²) < 4.78 is 10.3. The monoisotopic (exact) mass is 284 g/mol. The average Bonchev–Trinajstić information content (AvgIpc) is 2.53. The molecular formula is C17H16O4. The van der Waals surface area contributed by atoms with Crippen molar-refractivity contribution in [3.63, 3.8) is 0 Å². The molecule has 4 nitrogen and oxygen atoms in total. The third-order valence-corrected chi connectivity index (χ3v) is 2.99. The van der Waals surface area contributed by atoms with Crippen molar-refractivity contribution in [3.05, 3.63) is 59.7 Å². The number of ether oxygens (including phenoxy) is 2. The summed E-state index contributed by atoms with van der Waals surface area (Å²) in [5.74, 6) is 1.15. The zero-order chi connectivity index (χ0) is 15.2. The number of phenolic OH excluding ortho intramolecular Hbond substituents is 1. The largest absolute Gasteiger partial charge is 0.508 e. The molecule has 0 bridgehead atoms. The van der Waals surface area contributed by atoms with Gasteiger partial charge in [-0.1, -0.05) is 18.2 Å². The van der Waals surface area contributed by atoms with Crippen LogP contribution in [0, 0.1) is 0 Å². The Kier molecular flexibility index (Phi) is 4.61. The minimum Gasteiger partial charge on any atom is -0.508 e. The Labute approximate surface area is 123 Å². The third-order valence-electron chi connectivity index (χ3n) is 2.99. The molecule has 0 amide bonds. The lowest BCUT2D eigenvalue weighted by molar-refractivity contribution is 0.104. The van der Waals surface area contributed by atoms with Crippen LogP contribution in [0.2, 0.25) is 0 Å². The summed E-state index contributed by atoms with van der Waals surface area (Å²) in [6.07, 6.45) is 3.17. The number of methoxy groups -OCH3 is 2. The van der Waals surface area contributed by atoms with Gasteiger partial charge in [-0.05, 0) is 42.0 Å². The summed E-state index contributed by atoms with van der Waals surface area (Å²) in [6, 6.07) is 11.6. The SMILES string of the molecule is COc1ccc(C(=O)/C=C/c2ccc(O)cc2)cc1OC. The van der Waals surface area contributed by atoms with Gasteiger partial charge in [0, 0.05) is 5.56 Å². The van der Waals surface area contributed by atoms with Crippen LogP contribution in [-0.2, 0) is 0 Å². The van der Waals surface area contributed by atoms with Gasteiger partial charge < -0.3 is 14.6 Å². The quantitative estimate of drug-likeness (QED) is 0.676. The maximum absolute atomic E-state index is 12.1. The van der Waals surface area contributed by atoms with E-state index < -0.39 is 0 Å². The Morgan fingerprint density at radius 2 is 1.67 bits per heavy atom. The molecule has 2 rings (SSSR count). The molecule has 0 saturated heterocycles. The van der Waals surface area contributed by atoms with Gasteiger partial charge in [-0.2, -0.15) is 0 Å². The molecule has 0 heterocycles. The highest BCUT2D eigenvalue weighted by molar-refractivity contribution is 6.07. The molecule has 0 unspecified atom stereocenters. The number of aromatic hydroxyl groups is 1. The van der Waals surface area contributed by atoms with E-state index in [2.05, 4.69) is 0 Å². The van der Waals surface area contributed by atoms with Gasteiger partial charge in [0.2, 0.25) is 0 Å². The number of carbonyl (C=O) groups is 1. The van der Waals surface area contributed by atoms with Crippen LogP contribution >= 0.6 is 0 Å². The van der Waals surface area contributed by atoms with Crippen LogP contribution in [0.15, 0.2) is 48.5 Å². The van der Waals surface area contributed by atoms with Crippen LogP contribution in [0.1, 0.15) is 15.9 Å². The van der Waals surface area contributed by atoms with Crippen molar-refractivity contribution in [2.75, 3.05) is 14.2 Å². The minimum atomic E-state index is -0.135. The lowest BCUT2D eigenvalue weighted by atomic mass is 10.1. The number of carbonyl (C=O) groups excluding carboxylic acids is 1. The lowest BCUT2D eigenvalue weighted by Crippen LogP contribution is -1.97. The normalized spacial score (nSPS) is 10.6. The summed E-state index contributed by atoms with van der Waals surface area (Å²) in [5, 5.41) is 9.20. The van der Waals surface area contributed by atoms with Crippen LogP contribution in [0.25, 0.3) is 6.08 Å². The van der Waals surface area contributed by atoms with Crippen molar-refractivity contribution >= 4 is 11.9 Å². The second kappa shape index (κ2) is 6.61. The van der Waals surface area contributed by atoms with Crippen LogP contribution in [0.4, 0.5) is 0 Å². The van der Waals surface area contributed by atoms with Crippen molar-refractivity contribution in [3.8, 4) is 17.2 Å². The molecule has 0 aliphatic rings. The molecule has 1 N–H and O–H groups in total. The van der Waals surface area contributed by atoms with Crippen molar-refractivity contribution in [1.29, 1.82) is 0 Å². The molecule has 21 heavy (non-hydrogen) atoms. The van der Waals surface area contributed by atoms with E-state index in [1.54, 1.807) is 55.7 Å². The highest BCUT2D eigenvalue weighted by Gasteiger charge is 2.08. The van der Waals surface area contributed by atoms with Gasteiger partial charge in [0.25, 0.3) is 0 Å². The molecule has 0 aliphatic carbocycles. The van der Waals surface area contributed by atoms with Crippen molar-refractivity contribution in [2.24, 2.45) is 0 Å². The molecule has 0 fully saturated rings. The Morgan fingerprint density at radius 3 is 2.29 bits per heavy atom. The number of allylic oxidation sites excluding steroid dienone is 1. The summed E-state index contributed by atoms with van der Waals surface area (Å²) >= 11 is 0. The van der Waals surface area contributed by atoms with E-state index >= 15 is 0 Å². The Balaban J connectivity index is 2.18. The molecule has 4 heteroatoms. The topological polar surface area (TPSA) is 55.8 Å². The predicted molar refractivity (Wildman–Crippen MR) is 81.0 cm³/mol. The summed E-state index contributed by atoms with van der Waals surface area (Å²) in [7, 11) is 3.07. The van der Waals surface area contributed by atoms with Gasteiger partial charge in [-0.3, -0.25) is 4.79 Å². The highest BCUT2D eigenvalue weighted by Crippen LogP contribution is 2.27. The molecule has 0 atom stereocenters. The molecule has 108 valence electrons. The molecule has 2 aromatic carbocycles. The highest BCUT2D eigenvalue weighted by atomic mass is 16.5. The van der Waals surface area contributed by atoms with Gasteiger partial charge >= 0.3 is 0 Å². The first-order chi connectivity index (χ1) is 10.1. The van der Waals surface area contributed by atoms with Gasteiger partial charge in [0.15, 0.2) is 17.3 Å². The number of hydrogen-bond acceptors (Lipinski definition) is 4. The molecule has 0 spiro atoms. The second-order valence-corrected chi connectivity index (χ2v) is 4.36. The molecule has 0 aliphatic heterocycles. The first-order valence-corrected chi connectivity index (χ1v) is 6.37. The van der Waals surface area contributed by atoms with E-state index in [1.807, 2.05) is 0 Å². The predicted octanol–water partition coefficient (Wildman–Crippen LogP) is 3.31. The average molecular weight is 284 g/mol. The van der Waals surface area contributed by atoms with E-state index in [1.165, 1.54) is 13.2 Å². The number of phenols is 1. The van der Waals surface area contributed by atoms with E-state index in [4.69, 9.17) is 9.47 Å². The van der Waals surface area contributed by atoms with E-state index in [9.17, 15) is 9.90 Å². The fourth-order valence-corrected chi connectivity index (χ4v) is 1.84. The smallest absolute Gasteiger partial charge is 0.185 e. The molecule has 0 radical (unpaired) electrons. The standard InChI is InChI=1S/C17H16O4/c1-20-16-10-6-13(11-17(16)21-2)15(19)9-5-12-3-7-14(18)8-4-12/h3-11,18H,1-2H3/b9-5+. The number of benzene rings is 2. The number of rotatable bonds is 5. The Bertz CT molecular complexity index is 657. The first-order valence-electron chi connectivity index (χ1n) is 6.37. The van der Waals surface area contributed by atoms with Gasteiger partial charge in [-0.15, -0.1) is 0 Å². The van der Waals surface area contributed by atoms with Crippen molar-refractivity contribution in [1.82, 2.24) is 0 Å². The van der Waals surface area contributed by atoms with Crippen LogP contribution in [0.5, 0.6) is 17.2 Å². The fourth-order valence-electron chi connectivity index (χ4n) is 1.84. The summed E-state index contributed by atoms with van der Waals surface area (Å²) in [5.41, 5.74) is 1.35. The van der Waals surface area contributed by atoms with E-state index in [0.29, 0.717) is 17.1 Å². The Morgan fingerprint density at radius 1 is 1.00 bits per heavy atom. The van der Waals surface area contributed by atoms with Gasteiger partial charge in [0.05, 0.1) is 14.2 Å². The van der Waals surface area contributed by atoms with Crippen LogP contribution < -0.4 is 9.47 Å². The van der Waals surface area contributed by atoms with Crippen LogP contribution in [0.3, 0.4) is 0 Å². The summed E-state index contributed by atoms with van der Waals surface area (Å²) in [6.45, 7) is 0. The summed E-state index contributed by atoms with van der Waals surface area (Å²) in [4.78, 5) is 12.1. The molecule has 0 aromatic heterocycles. The Hall–Kier alpha value is -2.75. The number of hydrogen-bond donors (Lipinski definition) is 1. The second-order valence-electron chi connectivity index (χ2n) is 4.36. The van der Waals surface area contributed by atoms with Crippen molar-refractivity contribution < 1.29 is 19.4 Å². The maximum atomic E-state index is 12.1. The van der Waals surface area contributed by atoms with Gasteiger partial charge in [-0.25, -0.2) is 0 Å². The molecule has 0 saturated carbocycles. The maximum Gasteiger partial charge on any atom is 0.185 e. The van der Waals surface area contributed by atoms with Crippen LogP contribution in [-0.4, -0.2) is 25.1 Å². The molecule has 2 aromatic rings. The zero-order valence-electron chi connectivity index (χ0n) is 11.9.